The summed E-state index contributed by atoms with van der Waals surface area (Å²) >= 11 is 0. The summed E-state index contributed by atoms with van der Waals surface area (Å²) in [6, 6.07) is 9.43. The highest BCUT2D eigenvalue weighted by atomic mass is 19.4. The molecule has 0 aromatic heterocycles. The first-order valence-corrected chi connectivity index (χ1v) is 8.24. The Morgan fingerprint density at radius 1 is 1.07 bits per heavy atom. The summed E-state index contributed by atoms with van der Waals surface area (Å²) in [4.78, 5) is 22.8. The Labute approximate surface area is 152 Å². The monoisotopic (exact) mass is 380 g/mol. The maximum absolute atomic E-state index is 13.1. The third-order valence-electron chi connectivity index (χ3n) is 4.36. The second-order valence-corrected chi connectivity index (χ2v) is 6.37. The van der Waals surface area contributed by atoms with Gasteiger partial charge in [-0.2, -0.15) is 13.2 Å². The van der Waals surface area contributed by atoms with Gasteiger partial charge in [-0.25, -0.2) is 4.39 Å². The first-order valence-electron chi connectivity index (χ1n) is 8.24. The summed E-state index contributed by atoms with van der Waals surface area (Å²) in [7, 11) is 0. The SMILES string of the molecule is O=C1C[C@H](Cc2ccc(NCc3ccc(F)cc3C(F)(F)F)cc2)C(=O)N1. The molecule has 8 heteroatoms. The van der Waals surface area contributed by atoms with Crippen LogP contribution in [0.25, 0.3) is 0 Å². The molecule has 2 N–H and O–H groups in total. The van der Waals surface area contributed by atoms with E-state index >= 15 is 0 Å². The van der Waals surface area contributed by atoms with Gasteiger partial charge in [-0.1, -0.05) is 18.2 Å². The van der Waals surface area contributed by atoms with Crippen molar-refractivity contribution in [1.29, 1.82) is 0 Å². The molecule has 2 aromatic rings. The summed E-state index contributed by atoms with van der Waals surface area (Å²) in [5, 5.41) is 5.12. The van der Waals surface area contributed by atoms with E-state index in [1.807, 2.05) is 0 Å². The molecule has 0 radical (unpaired) electrons. The van der Waals surface area contributed by atoms with Gasteiger partial charge in [-0.3, -0.25) is 14.9 Å². The van der Waals surface area contributed by atoms with Crippen LogP contribution in [0.3, 0.4) is 0 Å². The molecule has 3 rings (SSSR count). The van der Waals surface area contributed by atoms with Crippen LogP contribution in [0, 0.1) is 11.7 Å². The van der Waals surface area contributed by atoms with E-state index in [9.17, 15) is 27.2 Å². The lowest BCUT2D eigenvalue weighted by Crippen LogP contribution is -2.22. The number of hydrogen-bond acceptors (Lipinski definition) is 3. The van der Waals surface area contributed by atoms with Gasteiger partial charge < -0.3 is 5.32 Å². The zero-order valence-corrected chi connectivity index (χ0v) is 14.1. The number of imide groups is 1. The number of hydrogen-bond donors (Lipinski definition) is 2. The molecule has 1 aliphatic heterocycles. The number of halogens is 4. The summed E-state index contributed by atoms with van der Waals surface area (Å²) in [5.74, 6) is -1.92. The predicted octanol–water partition coefficient (Wildman–Crippen LogP) is 3.66. The van der Waals surface area contributed by atoms with E-state index in [0.29, 0.717) is 18.2 Å². The van der Waals surface area contributed by atoms with E-state index in [1.165, 1.54) is 0 Å². The van der Waals surface area contributed by atoms with Gasteiger partial charge >= 0.3 is 6.18 Å². The molecule has 2 aromatic carbocycles. The van der Waals surface area contributed by atoms with Gasteiger partial charge in [0.15, 0.2) is 0 Å². The summed E-state index contributed by atoms with van der Waals surface area (Å²) in [5.41, 5.74) is 0.356. The molecule has 0 saturated carbocycles. The number of carbonyl (C=O) groups is 2. The van der Waals surface area contributed by atoms with E-state index in [1.54, 1.807) is 24.3 Å². The largest absolute Gasteiger partial charge is 0.416 e. The van der Waals surface area contributed by atoms with Crippen LogP contribution in [0.15, 0.2) is 42.5 Å². The molecule has 1 fully saturated rings. The Kier molecular flexibility index (Phi) is 5.16. The third-order valence-corrected chi connectivity index (χ3v) is 4.36. The first-order chi connectivity index (χ1) is 12.7. The van der Waals surface area contributed by atoms with Gasteiger partial charge in [0.25, 0.3) is 0 Å². The maximum atomic E-state index is 13.1. The Bertz CT molecular complexity index is 863. The summed E-state index contributed by atoms with van der Waals surface area (Å²) in [6.45, 7) is -0.117. The molecule has 27 heavy (non-hydrogen) atoms. The average Bonchev–Trinajstić information content (AvgIpc) is 2.91. The molecule has 1 saturated heterocycles. The van der Waals surface area contributed by atoms with Gasteiger partial charge in [0.05, 0.1) is 11.5 Å². The van der Waals surface area contributed by atoms with Crippen molar-refractivity contribution in [3.63, 3.8) is 0 Å². The topological polar surface area (TPSA) is 58.2 Å². The fraction of sp³-hybridized carbons (Fsp3) is 0.263. The fourth-order valence-electron chi connectivity index (χ4n) is 2.98. The molecule has 0 bridgehead atoms. The highest BCUT2D eigenvalue weighted by molar-refractivity contribution is 6.03. The van der Waals surface area contributed by atoms with Crippen LogP contribution in [0.1, 0.15) is 23.1 Å². The van der Waals surface area contributed by atoms with E-state index in [2.05, 4.69) is 10.6 Å². The number of nitrogens with one attached hydrogen (secondary N) is 2. The maximum Gasteiger partial charge on any atom is 0.416 e. The normalized spacial score (nSPS) is 17.1. The molecule has 0 aliphatic carbocycles. The number of alkyl halides is 3. The lowest BCUT2D eigenvalue weighted by Gasteiger charge is -2.14. The van der Waals surface area contributed by atoms with Crippen molar-refractivity contribution < 1.29 is 27.2 Å². The van der Waals surface area contributed by atoms with Crippen molar-refractivity contribution in [3.8, 4) is 0 Å². The minimum absolute atomic E-state index is 0.0610. The molecular weight excluding hydrogens is 364 g/mol. The minimum atomic E-state index is -4.64. The van der Waals surface area contributed by atoms with Gasteiger partial charge in [-0.15, -0.1) is 0 Å². The van der Waals surface area contributed by atoms with Crippen LogP contribution < -0.4 is 10.6 Å². The van der Waals surface area contributed by atoms with E-state index in [4.69, 9.17) is 0 Å². The van der Waals surface area contributed by atoms with Crippen LogP contribution >= 0.6 is 0 Å². The van der Waals surface area contributed by atoms with Crippen LogP contribution in [-0.2, 0) is 28.7 Å². The smallest absolute Gasteiger partial charge is 0.381 e. The van der Waals surface area contributed by atoms with Crippen molar-refractivity contribution in [2.45, 2.75) is 25.6 Å². The molecular formula is C19H16F4N2O2. The Morgan fingerprint density at radius 2 is 1.78 bits per heavy atom. The van der Waals surface area contributed by atoms with Gasteiger partial charge in [-0.05, 0) is 41.8 Å². The molecule has 1 aliphatic rings. The zero-order chi connectivity index (χ0) is 19.6. The number of carbonyl (C=O) groups excluding carboxylic acids is 2. The molecule has 0 spiro atoms. The zero-order valence-electron chi connectivity index (χ0n) is 14.1. The van der Waals surface area contributed by atoms with Crippen molar-refractivity contribution >= 4 is 17.5 Å². The Morgan fingerprint density at radius 3 is 2.37 bits per heavy atom. The van der Waals surface area contributed by atoms with Crippen LogP contribution in [0.2, 0.25) is 0 Å². The summed E-state index contributed by atoms with van der Waals surface area (Å²) < 4.78 is 52.2. The average molecular weight is 380 g/mol. The quantitative estimate of drug-likeness (QED) is 0.615. The highest BCUT2D eigenvalue weighted by Crippen LogP contribution is 2.33. The number of amides is 2. The van der Waals surface area contributed by atoms with Crippen molar-refractivity contribution in [2.24, 2.45) is 5.92 Å². The lowest BCUT2D eigenvalue weighted by molar-refractivity contribution is -0.138. The second-order valence-electron chi connectivity index (χ2n) is 6.37. The molecule has 1 heterocycles. The van der Waals surface area contributed by atoms with Crippen molar-refractivity contribution in [2.75, 3.05) is 5.32 Å². The number of rotatable bonds is 5. The number of benzene rings is 2. The van der Waals surface area contributed by atoms with Crippen LogP contribution in [0.5, 0.6) is 0 Å². The Balaban J connectivity index is 1.64. The van der Waals surface area contributed by atoms with Gasteiger partial charge in [0, 0.05) is 18.7 Å². The minimum Gasteiger partial charge on any atom is -0.381 e. The van der Waals surface area contributed by atoms with Crippen molar-refractivity contribution in [3.05, 3.63) is 65.0 Å². The second kappa shape index (κ2) is 7.38. The predicted molar refractivity (Wildman–Crippen MR) is 90.1 cm³/mol. The third kappa shape index (κ3) is 4.64. The molecule has 142 valence electrons. The summed E-state index contributed by atoms with van der Waals surface area (Å²) in [6.07, 6.45) is -4.07. The molecule has 4 nitrogen and oxygen atoms in total. The van der Waals surface area contributed by atoms with Gasteiger partial charge in [0.2, 0.25) is 11.8 Å². The molecule has 2 amide bonds. The van der Waals surface area contributed by atoms with E-state index in [0.717, 1.165) is 17.7 Å². The number of anilines is 1. The lowest BCUT2D eigenvalue weighted by atomic mass is 9.98. The van der Waals surface area contributed by atoms with Crippen LogP contribution in [0.4, 0.5) is 23.2 Å². The van der Waals surface area contributed by atoms with E-state index < -0.39 is 23.5 Å². The standard InChI is InChI=1S/C19H16F4N2O2/c20-14-4-3-12(16(9-14)19(21,22)23)10-24-15-5-1-11(2-6-15)7-13-8-17(26)25-18(13)27/h1-6,9,13,24H,7-8,10H2,(H,25,26,27)/t13-/m0/s1. The van der Waals surface area contributed by atoms with Gasteiger partial charge in [0.1, 0.15) is 5.82 Å². The van der Waals surface area contributed by atoms with E-state index in [-0.39, 0.29) is 30.3 Å². The highest BCUT2D eigenvalue weighted by Gasteiger charge is 2.33. The van der Waals surface area contributed by atoms with Crippen LogP contribution in [-0.4, -0.2) is 11.8 Å². The molecule has 0 unspecified atom stereocenters. The van der Waals surface area contributed by atoms with Crippen molar-refractivity contribution in [1.82, 2.24) is 5.32 Å². The Hall–Kier alpha value is -2.90. The fourth-order valence-corrected chi connectivity index (χ4v) is 2.98. The first kappa shape index (κ1) is 18.9. The molecule has 1 atom stereocenters.